The lowest BCUT2D eigenvalue weighted by molar-refractivity contribution is 0.122. The fourth-order valence-corrected chi connectivity index (χ4v) is 3.78. The average Bonchev–Trinajstić information content (AvgIpc) is 3.60. The molecule has 0 atom stereocenters. The zero-order chi connectivity index (χ0) is 18.1. The molecule has 2 aliphatic heterocycles. The predicted octanol–water partition coefficient (Wildman–Crippen LogP) is 1.31. The molecule has 0 radical (unpaired) electrons. The van der Waals surface area contributed by atoms with E-state index in [0.29, 0.717) is 5.92 Å². The molecule has 0 amide bonds. The van der Waals surface area contributed by atoms with Gasteiger partial charge >= 0.3 is 0 Å². The Balaban J connectivity index is 1.24. The summed E-state index contributed by atoms with van der Waals surface area (Å²) >= 11 is 0. The Morgan fingerprint density at radius 1 is 0.667 bits per heavy atom. The van der Waals surface area contributed by atoms with Gasteiger partial charge in [0, 0.05) is 63.0 Å². The van der Waals surface area contributed by atoms with Gasteiger partial charge in [0.15, 0.2) is 0 Å². The molecule has 1 saturated carbocycles. The number of piperazine rings is 1. The first-order valence-electron chi connectivity index (χ1n) is 9.83. The van der Waals surface area contributed by atoms with Gasteiger partial charge in [0.2, 0.25) is 0 Å². The minimum absolute atomic E-state index is 0.660. The number of anilines is 3. The zero-order valence-electron chi connectivity index (χ0n) is 15.5. The monoisotopic (exact) mass is 367 g/mol. The molecule has 8 nitrogen and oxygen atoms in total. The van der Waals surface area contributed by atoms with Gasteiger partial charge in [0.05, 0.1) is 13.2 Å². The number of hydrogen-bond acceptors (Lipinski definition) is 8. The minimum atomic E-state index is 0.660. The fraction of sp³-hybridized carbons (Fsp3) is 0.579. The van der Waals surface area contributed by atoms with Gasteiger partial charge in [-0.2, -0.15) is 0 Å². The highest BCUT2D eigenvalue weighted by Gasteiger charge is 2.27. The second-order valence-electron chi connectivity index (χ2n) is 7.38. The van der Waals surface area contributed by atoms with Crippen LogP contribution in [-0.2, 0) is 4.74 Å². The van der Waals surface area contributed by atoms with Crippen molar-refractivity contribution in [1.82, 2.24) is 19.9 Å². The van der Waals surface area contributed by atoms with Crippen molar-refractivity contribution in [3.05, 3.63) is 30.5 Å². The molecule has 3 aliphatic rings. The molecule has 3 fully saturated rings. The van der Waals surface area contributed by atoms with E-state index < -0.39 is 0 Å². The second-order valence-corrected chi connectivity index (χ2v) is 7.38. The normalized spacial score (nSPS) is 20.8. The van der Waals surface area contributed by atoms with Gasteiger partial charge in [-0.25, -0.2) is 19.9 Å². The maximum atomic E-state index is 5.44. The maximum absolute atomic E-state index is 5.44. The SMILES string of the molecule is c1nc(C2CC2)cc(N2CCN(c3cc(N4CCOCC4)ncn3)CC2)n1. The molecule has 4 heterocycles. The molecule has 1 aliphatic carbocycles. The Morgan fingerprint density at radius 2 is 1.19 bits per heavy atom. The summed E-state index contributed by atoms with van der Waals surface area (Å²) in [5.74, 6) is 3.72. The van der Waals surface area contributed by atoms with Crippen LogP contribution in [0.1, 0.15) is 24.5 Å². The average molecular weight is 367 g/mol. The smallest absolute Gasteiger partial charge is 0.134 e. The van der Waals surface area contributed by atoms with E-state index in [9.17, 15) is 0 Å². The summed E-state index contributed by atoms with van der Waals surface area (Å²) in [6.07, 6.45) is 5.93. The summed E-state index contributed by atoms with van der Waals surface area (Å²) in [6, 6.07) is 4.28. The van der Waals surface area contributed by atoms with Crippen LogP contribution in [0.5, 0.6) is 0 Å². The van der Waals surface area contributed by atoms with Gasteiger partial charge in [-0.15, -0.1) is 0 Å². The summed E-state index contributed by atoms with van der Waals surface area (Å²) in [4.78, 5) is 24.9. The van der Waals surface area contributed by atoms with Crippen molar-refractivity contribution in [3.8, 4) is 0 Å². The third-order valence-electron chi connectivity index (χ3n) is 5.57. The Hall–Kier alpha value is -2.48. The summed E-state index contributed by atoms with van der Waals surface area (Å²) in [7, 11) is 0. The van der Waals surface area contributed by atoms with Crippen LogP contribution >= 0.6 is 0 Å². The van der Waals surface area contributed by atoms with Crippen molar-refractivity contribution in [2.45, 2.75) is 18.8 Å². The van der Waals surface area contributed by atoms with Gasteiger partial charge in [-0.1, -0.05) is 0 Å². The summed E-state index contributed by atoms with van der Waals surface area (Å²) in [5.41, 5.74) is 1.20. The van der Waals surface area contributed by atoms with E-state index in [0.717, 1.165) is 69.9 Å². The molecule has 5 rings (SSSR count). The fourth-order valence-electron chi connectivity index (χ4n) is 3.78. The first-order valence-corrected chi connectivity index (χ1v) is 9.83. The highest BCUT2D eigenvalue weighted by molar-refractivity contribution is 5.52. The van der Waals surface area contributed by atoms with Crippen molar-refractivity contribution in [3.63, 3.8) is 0 Å². The molecular weight excluding hydrogens is 342 g/mol. The van der Waals surface area contributed by atoms with Crippen LogP contribution in [-0.4, -0.2) is 72.4 Å². The van der Waals surface area contributed by atoms with Gasteiger partial charge < -0.3 is 19.4 Å². The molecule has 2 saturated heterocycles. The number of aromatic nitrogens is 4. The molecule has 142 valence electrons. The Kier molecular flexibility index (Phi) is 4.49. The number of ether oxygens (including phenoxy) is 1. The number of rotatable bonds is 4. The quantitative estimate of drug-likeness (QED) is 0.801. The van der Waals surface area contributed by atoms with E-state index in [1.165, 1.54) is 18.5 Å². The number of morpholine rings is 1. The zero-order valence-corrected chi connectivity index (χ0v) is 15.5. The molecule has 0 spiro atoms. The van der Waals surface area contributed by atoms with Crippen molar-refractivity contribution >= 4 is 17.5 Å². The Labute approximate surface area is 159 Å². The largest absolute Gasteiger partial charge is 0.378 e. The Morgan fingerprint density at radius 3 is 1.78 bits per heavy atom. The molecule has 0 unspecified atom stereocenters. The summed E-state index contributed by atoms with van der Waals surface area (Å²) < 4.78 is 5.44. The highest BCUT2D eigenvalue weighted by Crippen LogP contribution is 2.39. The maximum Gasteiger partial charge on any atom is 0.134 e. The molecular formula is C19H25N7O. The van der Waals surface area contributed by atoms with E-state index in [-0.39, 0.29) is 0 Å². The number of nitrogens with zero attached hydrogens (tertiary/aromatic N) is 7. The van der Waals surface area contributed by atoms with E-state index in [1.807, 2.05) is 0 Å². The lowest BCUT2D eigenvalue weighted by Gasteiger charge is -2.36. The molecule has 8 heteroatoms. The van der Waals surface area contributed by atoms with Crippen molar-refractivity contribution in [2.24, 2.45) is 0 Å². The van der Waals surface area contributed by atoms with E-state index in [1.54, 1.807) is 12.7 Å². The van der Waals surface area contributed by atoms with Crippen LogP contribution in [0.4, 0.5) is 17.5 Å². The van der Waals surface area contributed by atoms with Gasteiger partial charge in [0.1, 0.15) is 30.1 Å². The van der Waals surface area contributed by atoms with E-state index in [4.69, 9.17) is 4.74 Å². The first kappa shape index (κ1) is 16.7. The van der Waals surface area contributed by atoms with Crippen molar-refractivity contribution in [1.29, 1.82) is 0 Å². The van der Waals surface area contributed by atoms with Crippen LogP contribution in [0.25, 0.3) is 0 Å². The summed E-state index contributed by atoms with van der Waals surface area (Å²) in [5, 5.41) is 0. The third kappa shape index (κ3) is 3.66. The molecule has 2 aromatic heterocycles. The van der Waals surface area contributed by atoms with Crippen molar-refractivity contribution in [2.75, 3.05) is 67.2 Å². The second kappa shape index (κ2) is 7.26. The predicted molar refractivity (Wildman–Crippen MR) is 103 cm³/mol. The first-order chi connectivity index (χ1) is 13.4. The summed E-state index contributed by atoms with van der Waals surface area (Å²) in [6.45, 7) is 7.06. The van der Waals surface area contributed by atoms with Crippen LogP contribution in [0, 0.1) is 0 Å². The van der Waals surface area contributed by atoms with Gasteiger partial charge in [-0.3, -0.25) is 0 Å². The Bertz CT molecular complexity index is 783. The molecule has 27 heavy (non-hydrogen) atoms. The molecule has 0 bridgehead atoms. The third-order valence-corrected chi connectivity index (χ3v) is 5.57. The van der Waals surface area contributed by atoms with E-state index in [2.05, 4.69) is 46.8 Å². The lowest BCUT2D eigenvalue weighted by Crippen LogP contribution is -2.47. The molecule has 2 aromatic rings. The standard InChI is InChI=1S/C19H25N7O/c1-2-15(1)16-11-17(21-13-20-16)24-3-5-25(6-4-24)18-12-19(23-14-22-18)26-7-9-27-10-8-26/h11-15H,1-10H2. The van der Waals surface area contributed by atoms with Crippen molar-refractivity contribution < 1.29 is 4.74 Å². The van der Waals surface area contributed by atoms with Gasteiger partial charge in [0.25, 0.3) is 0 Å². The van der Waals surface area contributed by atoms with Crippen LogP contribution in [0.2, 0.25) is 0 Å². The molecule has 0 N–H and O–H groups in total. The lowest BCUT2D eigenvalue weighted by atomic mass is 10.2. The van der Waals surface area contributed by atoms with Crippen LogP contribution < -0.4 is 14.7 Å². The molecule has 0 aromatic carbocycles. The van der Waals surface area contributed by atoms with Crippen LogP contribution in [0.15, 0.2) is 24.8 Å². The number of hydrogen-bond donors (Lipinski definition) is 0. The van der Waals surface area contributed by atoms with Gasteiger partial charge in [-0.05, 0) is 12.8 Å². The van der Waals surface area contributed by atoms with E-state index >= 15 is 0 Å². The van der Waals surface area contributed by atoms with Crippen LogP contribution in [0.3, 0.4) is 0 Å². The topological polar surface area (TPSA) is 70.5 Å². The minimum Gasteiger partial charge on any atom is -0.378 e. The highest BCUT2D eigenvalue weighted by atomic mass is 16.5.